The summed E-state index contributed by atoms with van der Waals surface area (Å²) in [7, 11) is 0. The summed E-state index contributed by atoms with van der Waals surface area (Å²) in [5.41, 5.74) is 1.07. The molecule has 0 aliphatic carbocycles. The Balaban J connectivity index is 1.73. The second-order valence-corrected chi connectivity index (χ2v) is 4.92. The summed E-state index contributed by atoms with van der Waals surface area (Å²) in [6, 6.07) is 6.40. The fraction of sp³-hybridized carbons (Fsp3) is 0.267. The number of carbonyl (C=O) groups is 1. The number of hydrogen-bond donors (Lipinski definition) is 1. The average molecular weight is 286 g/mol. The zero-order valence-corrected chi connectivity index (χ0v) is 11.4. The molecule has 0 bridgehead atoms. The Kier molecular flexibility index (Phi) is 3.77. The van der Waals surface area contributed by atoms with Crippen molar-refractivity contribution in [2.45, 2.75) is 18.9 Å². The number of anilines is 1. The van der Waals surface area contributed by atoms with Gasteiger partial charge in [0, 0.05) is 18.9 Å². The number of rotatable bonds is 2. The van der Waals surface area contributed by atoms with Gasteiger partial charge < -0.3 is 4.90 Å². The van der Waals surface area contributed by atoms with Crippen LogP contribution in [0.5, 0.6) is 0 Å². The Morgan fingerprint density at radius 1 is 1.29 bits per heavy atom. The van der Waals surface area contributed by atoms with Gasteiger partial charge in [0.05, 0.1) is 12.2 Å². The fourth-order valence-electron chi connectivity index (χ4n) is 2.57. The Labute approximate surface area is 121 Å². The molecule has 1 saturated heterocycles. The molecule has 3 rings (SSSR count). The van der Waals surface area contributed by atoms with Gasteiger partial charge in [0.15, 0.2) is 0 Å². The zero-order valence-electron chi connectivity index (χ0n) is 11.4. The van der Waals surface area contributed by atoms with E-state index < -0.39 is 5.82 Å². The van der Waals surface area contributed by atoms with Crippen molar-refractivity contribution < 1.29 is 9.18 Å². The molecule has 1 atom stereocenters. The lowest BCUT2D eigenvalue weighted by Gasteiger charge is -2.25. The van der Waals surface area contributed by atoms with Crippen LogP contribution in [0.1, 0.15) is 24.4 Å². The molecule has 0 saturated carbocycles. The molecule has 0 spiro atoms. The van der Waals surface area contributed by atoms with Crippen LogP contribution in [0.25, 0.3) is 0 Å². The Bertz CT molecular complexity index is 617. The third kappa shape index (κ3) is 2.99. The molecular weight excluding hydrogens is 271 g/mol. The number of aromatic nitrogens is 2. The van der Waals surface area contributed by atoms with E-state index in [1.54, 1.807) is 17.3 Å². The van der Waals surface area contributed by atoms with E-state index in [0.29, 0.717) is 12.4 Å². The van der Waals surface area contributed by atoms with E-state index in [9.17, 15) is 9.18 Å². The van der Waals surface area contributed by atoms with Crippen LogP contribution in [0.4, 0.5) is 15.0 Å². The molecule has 1 N–H and O–H groups in total. The van der Waals surface area contributed by atoms with E-state index in [0.717, 1.165) is 24.6 Å². The van der Waals surface area contributed by atoms with Gasteiger partial charge in [0.25, 0.3) is 0 Å². The van der Waals surface area contributed by atoms with Crippen molar-refractivity contribution in [3.8, 4) is 0 Å². The largest absolute Gasteiger partial charge is 0.323 e. The normalized spacial score (nSPS) is 17.8. The van der Waals surface area contributed by atoms with Crippen molar-refractivity contribution in [3.63, 3.8) is 0 Å². The minimum atomic E-state index is -0.427. The molecule has 2 aromatic heterocycles. The van der Waals surface area contributed by atoms with Gasteiger partial charge in [-0.3, -0.25) is 10.3 Å². The van der Waals surface area contributed by atoms with Gasteiger partial charge in [-0.2, -0.15) is 0 Å². The number of nitrogens with zero attached hydrogens (tertiary/aromatic N) is 3. The number of carbonyl (C=O) groups excluding carboxylic acids is 1. The summed E-state index contributed by atoms with van der Waals surface area (Å²) in [4.78, 5) is 22.0. The number of amides is 2. The molecule has 5 nitrogen and oxygen atoms in total. The number of hydrogen-bond acceptors (Lipinski definition) is 3. The van der Waals surface area contributed by atoms with Crippen LogP contribution in [0.2, 0.25) is 0 Å². The van der Waals surface area contributed by atoms with E-state index in [4.69, 9.17) is 0 Å². The van der Waals surface area contributed by atoms with Gasteiger partial charge in [0.1, 0.15) is 11.6 Å². The first-order valence-electron chi connectivity index (χ1n) is 6.83. The van der Waals surface area contributed by atoms with Crippen LogP contribution in [0.15, 0.2) is 42.9 Å². The highest BCUT2D eigenvalue weighted by molar-refractivity contribution is 5.88. The third-order valence-electron chi connectivity index (χ3n) is 3.57. The molecule has 108 valence electrons. The van der Waals surface area contributed by atoms with Gasteiger partial charge in [-0.1, -0.05) is 0 Å². The monoisotopic (exact) mass is 286 g/mol. The maximum absolute atomic E-state index is 12.8. The molecule has 1 fully saturated rings. The van der Waals surface area contributed by atoms with Crippen LogP contribution in [0.3, 0.4) is 0 Å². The van der Waals surface area contributed by atoms with Gasteiger partial charge in [0.2, 0.25) is 0 Å². The number of urea groups is 1. The highest BCUT2D eigenvalue weighted by atomic mass is 19.1. The van der Waals surface area contributed by atoms with Gasteiger partial charge in [-0.05, 0) is 42.7 Å². The highest BCUT2D eigenvalue weighted by Gasteiger charge is 2.30. The summed E-state index contributed by atoms with van der Waals surface area (Å²) >= 11 is 0. The van der Waals surface area contributed by atoms with Crippen molar-refractivity contribution in [1.82, 2.24) is 14.9 Å². The van der Waals surface area contributed by atoms with E-state index in [-0.39, 0.29) is 12.1 Å². The SMILES string of the molecule is O=C(Nc1ccc(F)cn1)N1CCC[C@@H]1c1ccncc1. The van der Waals surface area contributed by atoms with Crippen LogP contribution in [0, 0.1) is 5.82 Å². The molecule has 6 heteroatoms. The lowest BCUT2D eigenvalue weighted by molar-refractivity contribution is 0.207. The van der Waals surface area contributed by atoms with Gasteiger partial charge >= 0.3 is 6.03 Å². The minimum Gasteiger partial charge on any atom is -0.317 e. The topological polar surface area (TPSA) is 58.1 Å². The first kappa shape index (κ1) is 13.5. The van der Waals surface area contributed by atoms with E-state index in [2.05, 4.69) is 15.3 Å². The molecule has 21 heavy (non-hydrogen) atoms. The second-order valence-electron chi connectivity index (χ2n) is 4.92. The van der Waals surface area contributed by atoms with Crippen LogP contribution in [-0.2, 0) is 0 Å². The molecule has 1 aliphatic heterocycles. The molecule has 1 aliphatic rings. The van der Waals surface area contributed by atoms with Gasteiger partial charge in [-0.15, -0.1) is 0 Å². The first-order valence-corrected chi connectivity index (χ1v) is 6.83. The number of likely N-dealkylation sites (tertiary alicyclic amines) is 1. The summed E-state index contributed by atoms with van der Waals surface area (Å²) in [6.07, 6.45) is 6.42. The Morgan fingerprint density at radius 3 is 2.81 bits per heavy atom. The predicted octanol–water partition coefficient (Wildman–Crippen LogP) is 2.98. The lowest BCUT2D eigenvalue weighted by atomic mass is 10.1. The molecule has 0 unspecified atom stereocenters. The summed E-state index contributed by atoms with van der Waals surface area (Å²) in [5, 5.41) is 2.70. The summed E-state index contributed by atoms with van der Waals surface area (Å²) in [6.45, 7) is 0.694. The van der Waals surface area contributed by atoms with Crippen molar-refractivity contribution in [1.29, 1.82) is 0 Å². The van der Waals surface area contributed by atoms with E-state index in [1.165, 1.54) is 12.1 Å². The van der Waals surface area contributed by atoms with Crippen molar-refractivity contribution in [2.24, 2.45) is 0 Å². The molecular formula is C15H15FN4O. The minimum absolute atomic E-state index is 0.0495. The third-order valence-corrected chi connectivity index (χ3v) is 3.57. The highest BCUT2D eigenvalue weighted by Crippen LogP contribution is 2.31. The second kappa shape index (κ2) is 5.87. The summed E-state index contributed by atoms with van der Waals surface area (Å²) in [5.74, 6) is -0.0781. The molecule has 0 radical (unpaired) electrons. The van der Waals surface area contributed by atoms with E-state index >= 15 is 0 Å². The molecule has 0 aromatic carbocycles. The number of halogens is 1. The van der Waals surface area contributed by atoms with Crippen LogP contribution >= 0.6 is 0 Å². The standard InChI is InChI=1S/C15H15FN4O/c16-12-3-4-14(18-10-12)19-15(21)20-9-1-2-13(20)11-5-7-17-8-6-11/h3-8,10,13H,1-2,9H2,(H,18,19,21)/t13-/m1/s1. The predicted molar refractivity (Wildman–Crippen MR) is 76.1 cm³/mol. The van der Waals surface area contributed by atoms with E-state index in [1.807, 2.05) is 12.1 Å². The van der Waals surface area contributed by atoms with Gasteiger partial charge in [-0.25, -0.2) is 14.2 Å². The number of nitrogens with one attached hydrogen (secondary N) is 1. The first-order chi connectivity index (χ1) is 10.2. The van der Waals surface area contributed by atoms with Crippen molar-refractivity contribution >= 4 is 11.8 Å². The quantitative estimate of drug-likeness (QED) is 0.923. The van der Waals surface area contributed by atoms with Crippen LogP contribution in [-0.4, -0.2) is 27.4 Å². The molecule has 2 amide bonds. The smallest absolute Gasteiger partial charge is 0.317 e. The molecule has 2 aromatic rings. The summed E-state index contributed by atoms with van der Waals surface area (Å²) < 4.78 is 12.8. The Morgan fingerprint density at radius 2 is 2.10 bits per heavy atom. The maximum atomic E-state index is 12.8. The maximum Gasteiger partial charge on any atom is 0.323 e. The molecule has 3 heterocycles. The zero-order chi connectivity index (χ0) is 14.7. The van der Waals surface area contributed by atoms with Crippen molar-refractivity contribution in [2.75, 3.05) is 11.9 Å². The Hall–Kier alpha value is -2.50. The van der Waals surface area contributed by atoms with Crippen LogP contribution < -0.4 is 5.32 Å². The fourth-order valence-corrected chi connectivity index (χ4v) is 2.57. The lowest BCUT2D eigenvalue weighted by Crippen LogP contribution is -2.34. The average Bonchev–Trinajstić information content (AvgIpc) is 3.00. The number of pyridine rings is 2. The van der Waals surface area contributed by atoms with Crippen molar-refractivity contribution in [3.05, 3.63) is 54.2 Å².